The van der Waals surface area contributed by atoms with Crippen LogP contribution in [0.5, 0.6) is 0 Å². The normalized spacial score (nSPS) is 15.6. The largest absolute Gasteiger partial charge is 0.311 e. The lowest BCUT2D eigenvalue weighted by atomic mass is 9.97. The number of halogens is 2. The van der Waals surface area contributed by atoms with Gasteiger partial charge in [0.1, 0.15) is 16.5 Å². The number of carbonyl (C=O) groups is 1. The number of nitrogens with zero attached hydrogens (tertiary/aromatic N) is 3. The number of nitrogens with one attached hydrogen (secondary N) is 1. The summed E-state index contributed by atoms with van der Waals surface area (Å²) in [5, 5.41) is 7.76. The molecule has 2 aromatic carbocycles. The van der Waals surface area contributed by atoms with Gasteiger partial charge in [-0.2, -0.15) is 9.40 Å². The van der Waals surface area contributed by atoms with Crippen LogP contribution in [0.1, 0.15) is 18.4 Å². The van der Waals surface area contributed by atoms with Gasteiger partial charge in [0, 0.05) is 30.1 Å². The first kappa shape index (κ1) is 22.4. The van der Waals surface area contributed by atoms with E-state index in [2.05, 4.69) is 10.4 Å². The highest BCUT2D eigenvalue weighted by atomic mass is 35.5. The third-order valence-electron chi connectivity index (χ3n) is 5.52. The molecule has 1 amide bonds. The lowest BCUT2D eigenvalue weighted by Crippen LogP contribution is -2.41. The molecule has 4 rings (SSSR count). The minimum Gasteiger partial charge on any atom is -0.311 e. The Balaban J connectivity index is 1.38. The third-order valence-corrected chi connectivity index (χ3v) is 7.83. The van der Waals surface area contributed by atoms with Crippen LogP contribution in [0.25, 0.3) is 0 Å². The fraction of sp³-hybridized carbons (Fsp3) is 0.273. The molecule has 0 unspecified atom stereocenters. The number of piperidine rings is 1. The zero-order valence-electron chi connectivity index (χ0n) is 17.1. The van der Waals surface area contributed by atoms with E-state index in [9.17, 15) is 17.6 Å². The first-order valence-electron chi connectivity index (χ1n) is 10.2. The second-order valence-corrected chi connectivity index (χ2v) is 9.88. The van der Waals surface area contributed by atoms with Gasteiger partial charge in [-0.1, -0.05) is 41.9 Å². The van der Waals surface area contributed by atoms with Crippen LogP contribution in [0.15, 0.2) is 65.7 Å². The minimum absolute atomic E-state index is 0.146. The molecular weight excluding hydrogens is 455 g/mol. The van der Waals surface area contributed by atoms with Gasteiger partial charge in [-0.3, -0.25) is 4.79 Å². The summed E-state index contributed by atoms with van der Waals surface area (Å²) in [6.45, 7) is 0.697. The van der Waals surface area contributed by atoms with Crippen molar-refractivity contribution in [3.05, 3.63) is 77.2 Å². The average molecular weight is 477 g/mol. The van der Waals surface area contributed by atoms with Crippen LogP contribution in [0.3, 0.4) is 0 Å². The number of aromatic nitrogens is 2. The summed E-state index contributed by atoms with van der Waals surface area (Å²) in [7, 11) is -3.94. The number of hydrogen-bond donors (Lipinski definition) is 1. The Bertz CT molecular complexity index is 1220. The smallest absolute Gasteiger partial charge is 0.245 e. The van der Waals surface area contributed by atoms with Crippen molar-refractivity contribution in [2.45, 2.75) is 24.3 Å². The predicted octanol–water partition coefficient (Wildman–Crippen LogP) is 3.76. The van der Waals surface area contributed by atoms with Gasteiger partial charge in [-0.25, -0.2) is 17.5 Å². The number of benzene rings is 2. The molecule has 1 fully saturated rings. The van der Waals surface area contributed by atoms with Crippen molar-refractivity contribution in [1.82, 2.24) is 14.1 Å². The summed E-state index contributed by atoms with van der Waals surface area (Å²) in [4.78, 5) is 12.5. The van der Waals surface area contributed by atoms with Gasteiger partial charge in [0.05, 0.1) is 12.7 Å². The molecule has 0 atom stereocenters. The molecule has 3 aromatic rings. The first-order valence-corrected chi connectivity index (χ1v) is 12.0. The van der Waals surface area contributed by atoms with Crippen LogP contribution < -0.4 is 5.32 Å². The zero-order chi connectivity index (χ0) is 22.7. The molecule has 1 aliphatic rings. The van der Waals surface area contributed by atoms with Gasteiger partial charge in [0.25, 0.3) is 0 Å². The van der Waals surface area contributed by atoms with E-state index >= 15 is 0 Å². The van der Waals surface area contributed by atoms with Crippen molar-refractivity contribution < 1.29 is 17.6 Å². The summed E-state index contributed by atoms with van der Waals surface area (Å²) in [6.07, 6.45) is 2.28. The van der Waals surface area contributed by atoms with E-state index in [-0.39, 0.29) is 29.8 Å². The van der Waals surface area contributed by atoms with Gasteiger partial charge in [-0.05, 0) is 36.6 Å². The molecular formula is C22H22ClFN4O3S. The van der Waals surface area contributed by atoms with E-state index in [0.29, 0.717) is 30.2 Å². The molecule has 0 spiro atoms. The van der Waals surface area contributed by atoms with Crippen LogP contribution in [-0.2, 0) is 21.4 Å². The maximum Gasteiger partial charge on any atom is 0.245 e. The Labute approximate surface area is 190 Å². The molecule has 168 valence electrons. The maximum absolute atomic E-state index is 14.0. The second-order valence-electron chi connectivity index (χ2n) is 7.56. The van der Waals surface area contributed by atoms with E-state index in [1.807, 2.05) is 18.2 Å². The standard InChI is InChI=1S/C22H22ClFN4O3S/c23-18-6-2-1-5-17(18)15-28-21(9-12-25-28)26-22(29)16-10-13-27(14-11-16)32(30,31)20-8-4-3-7-19(20)24/h1-9,12,16H,10-11,13-15H2,(H,26,29). The predicted molar refractivity (Wildman–Crippen MR) is 119 cm³/mol. The summed E-state index contributed by atoms with van der Waals surface area (Å²) in [5.74, 6) is -0.796. The van der Waals surface area contributed by atoms with Crippen molar-refractivity contribution in [2.75, 3.05) is 18.4 Å². The molecule has 0 saturated carbocycles. The third kappa shape index (κ3) is 4.69. The summed E-state index contributed by atoms with van der Waals surface area (Å²) in [5.41, 5.74) is 0.875. The molecule has 1 N–H and O–H groups in total. The Morgan fingerprint density at radius 3 is 2.50 bits per heavy atom. The van der Waals surface area contributed by atoms with Crippen LogP contribution in [-0.4, -0.2) is 41.5 Å². The van der Waals surface area contributed by atoms with Gasteiger partial charge in [-0.15, -0.1) is 0 Å². The molecule has 1 saturated heterocycles. The molecule has 7 nitrogen and oxygen atoms in total. The molecule has 1 aliphatic heterocycles. The highest BCUT2D eigenvalue weighted by Gasteiger charge is 2.33. The molecule has 2 heterocycles. The number of anilines is 1. The van der Waals surface area contributed by atoms with Gasteiger partial charge < -0.3 is 5.32 Å². The quantitative estimate of drug-likeness (QED) is 0.587. The van der Waals surface area contributed by atoms with Gasteiger partial charge >= 0.3 is 0 Å². The monoisotopic (exact) mass is 476 g/mol. The van der Waals surface area contributed by atoms with Crippen molar-refractivity contribution in [1.29, 1.82) is 0 Å². The number of sulfonamides is 1. The summed E-state index contributed by atoms with van der Waals surface area (Å²) in [6, 6.07) is 14.4. The lowest BCUT2D eigenvalue weighted by molar-refractivity contribution is -0.121. The number of rotatable bonds is 6. The van der Waals surface area contributed by atoms with E-state index in [1.54, 1.807) is 23.0 Å². The van der Waals surface area contributed by atoms with E-state index in [4.69, 9.17) is 11.6 Å². The van der Waals surface area contributed by atoms with Crippen LogP contribution in [0.4, 0.5) is 10.2 Å². The first-order chi connectivity index (χ1) is 15.4. The summed E-state index contributed by atoms with van der Waals surface area (Å²) >= 11 is 6.22. The van der Waals surface area contributed by atoms with E-state index in [0.717, 1.165) is 11.6 Å². The Hall–Kier alpha value is -2.75. The van der Waals surface area contributed by atoms with Crippen molar-refractivity contribution >= 4 is 33.3 Å². The molecule has 0 radical (unpaired) electrons. The zero-order valence-corrected chi connectivity index (χ0v) is 18.7. The fourth-order valence-electron chi connectivity index (χ4n) is 3.73. The Kier molecular flexibility index (Phi) is 6.59. The lowest BCUT2D eigenvalue weighted by Gasteiger charge is -2.30. The van der Waals surface area contributed by atoms with E-state index < -0.39 is 15.8 Å². The second kappa shape index (κ2) is 9.40. The van der Waals surface area contributed by atoms with Crippen LogP contribution in [0.2, 0.25) is 5.02 Å². The SMILES string of the molecule is O=C(Nc1ccnn1Cc1ccccc1Cl)C1CCN(S(=O)(=O)c2ccccc2F)CC1. The molecule has 0 bridgehead atoms. The highest BCUT2D eigenvalue weighted by Crippen LogP contribution is 2.26. The number of amides is 1. The average Bonchev–Trinajstić information content (AvgIpc) is 3.22. The Morgan fingerprint density at radius 1 is 1.09 bits per heavy atom. The van der Waals surface area contributed by atoms with Crippen LogP contribution in [0, 0.1) is 11.7 Å². The van der Waals surface area contributed by atoms with Crippen LogP contribution >= 0.6 is 11.6 Å². The fourth-order valence-corrected chi connectivity index (χ4v) is 5.46. The molecule has 10 heteroatoms. The minimum atomic E-state index is -3.94. The molecule has 1 aromatic heterocycles. The number of carbonyl (C=O) groups excluding carboxylic acids is 1. The highest BCUT2D eigenvalue weighted by molar-refractivity contribution is 7.89. The maximum atomic E-state index is 14.0. The molecule has 32 heavy (non-hydrogen) atoms. The van der Waals surface area contributed by atoms with Crippen molar-refractivity contribution in [3.63, 3.8) is 0 Å². The van der Waals surface area contributed by atoms with Crippen molar-refractivity contribution in [2.24, 2.45) is 5.92 Å². The Morgan fingerprint density at radius 2 is 1.78 bits per heavy atom. The molecule has 0 aliphatic carbocycles. The van der Waals surface area contributed by atoms with Gasteiger partial charge in [0.15, 0.2) is 0 Å². The number of hydrogen-bond acceptors (Lipinski definition) is 4. The topological polar surface area (TPSA) is 84.3 Å². The van der Waals surface area contributed by atoms with Crippen molar-refractivity contribution in [3.8, 4) is 0 Å². The summed E-state index contributed by atoms with van der Waals surface area (Å²) < 4.78 is 42.4. The van der Waals surface area contributed by atoms with Gasteiger partial charge in [0.2, 0.25) is 15.9 Å². The van der Waals surface area contributed by atoms with E-state index in [1.165, 1.54) is 22.5 Å².